The third kappa shape index (κ3) is 13.0. The average molecular weight is 492 g/mol. The molecule has 1 aliphatic rings. The van der Waals surface area contributed by atoms with Crippen LogP contribution in [0.2, 0.25) is 19.6 Å². The van der Waals surface area contributed by atoms with Crippen molar-refractivity contribution in [3.8, 4) is 5.75 Å². The molecule has 0 aliphatic heterocycles. The zero-order chi connectivity index (χ0) is 21.4. The summed E-state index contributed by atoms with van der Waals surface area (Å²) in [5, 5.41) is 10.7. The van der Waals surface area contributed by atoms with Gasteiger partial charge in [-0.3, -0.25) is 6.08 Å². The van der Waals surface area contributed by atoms with Gasteiger partial charge >= 0.3 is 50.5 Å². The van der Waals surface area contributed by atoms with Crippen molar-refractivity contribution in [3.05, 3.63) is 46.6 Å². The molecule has 1 aromatic rings. The van der Waals surface area contributed by atoms with Crippen molar-refractivity contribution in [2.45, 2.75) is 80.9 Å². The number of halogens is 2. The minimum atomic E-state index is -1.26. The fourth-order valence-electron chi connectivity index (χ4n) is 2.61. The Balaban J connectivity index is -0.000000357. The molecule has 2 rings (SSSR count). The van der Waals surface area contributed by atoms with E-state index in [9.17, 15) is 5.11 Å². The van der Waals surface area contributed by atoms with Crippen LogP contribution in [0.25, 0.3) is 0 Å². The topological polar surface area (TPSA) is 20.2 Å². The van der Waals surface area contributed by atoms with Gasteiger partial charge in [-0.1, -0.05) is 57.6 Å². The molecule has 0 saturated heterocycles. The van der Waals surface area contributed by atoms with E-state index in [2.05, 4.69) is 93.3 Å². The van der Waals surface area contributed by atoms with Gasteiger partial charge < -0.3 is 5.11 Å². The second-order valence-electron chi connectivity index (χ2n) is 8.42. The molecule has 0 aromatic heterocycles. The fraction of sp³-hybridized carbons (Fsp3) is 0.542. The Morgan fingerprint density at radius 3 is 1.69 bits per heavy atom. The summed E-state index contributed by atoms with van der Waals surface area (Å²) in [6.07, 6.45) is 5.85. The van der Waals surface area contributed by atoms with E-state index >= 15 is 0 Å². The van der Waals surface area contributed by atoms with Gasteiger partial charge in [0.2, 0.25) is 0 Å². The Hall–Kier alpha value is -0.119. The Kier molecular flexibility index (Phi) is 18.1. The van der Waals surface area contributed by atoms with Gasteiger partial charge in [-0.25, -0.2) is 5.57 Å². The van der Waals surface area contributed by atoms with E-state index in [0.717, 1.165) is 5.56 Å². The second kappa shape index (κ2) is 15.6. The van der Waals surface area contributed by atoms with E-state index in [0.29, 0.717) is 11.7 Å². The average Bonchev–Trinajstić information content (AvgIpc) is 2.79. The van der Waals surface area contributed by atoms with Crippen molar-refractivity contribution < 1.29 is 25.1 Å². The summed E-state index contributed by atoms with van der Waals surface area (Å²) in [7, 11) is -1.26. The van der Waals surface area contributed by atoms with Crippen LogP contribution in [0.5, 0.6) is 5.75 Å². The predicted octanol–water partition coefficient (Wildman–Crippen LogP) is 7.34. The summed E-state index contributed by atoms with van der Waals surface area (Å²) in [5.41, 5.74) is 5.39. The monoisotopic (exact) mass is 491 g/mol. The number of phenols is 1. The number of benzene rings is 1. The van der Waals surface area contributed by atoms with Crippen LogP contribution in [-0.4, -0.2) is 17.0 Å². The molecule has 1 atom stereocenters. The first-order chi connectivity index (χ1) is 12.3. The van der Waals surface area contributed by atoms with Gasteiger partial charge in [0.1, 0.15) is 5.75 Å². The van der Waals surface area contributed by atoms with Crippen LogP contribution in [0.3, 0.4) is 0 Å². The van der Waals surface area contributed by atoms with E-state index in [-0.39, 0.29) is 24.8 Å². The van der Waals surface area contributed by atoms with Gasteiger partial charge in [0.05, 0.1) is 8.07 Å². The summed E-state index contributed by atoms with van der Waals surface area (Å²) >= 11 is 2.19. The summed E-state index contributed by atoms with van der Waals surface area (Å²) in [6, 6.07) is 5.86. The summed E-state index contributed by atoms with van der Waals surface area (Å²) < 4.78 is 1.59. The molecule has 0 saturated carbocycles. The van der Waals surface area contributed by atoms with Crippen LogP contribution in [0.15, 0.2) is 34.9 Å². The predicted molar refractivity (Wildman–Crippen MR) is 136 cm³/mol. The molecular formula is C24H41Cl2OSiTi. The van der Waals surface area contributed by atoms with Gasteiger partial charge in [0.25, 0.3) is 0 Å². The SMILES string of the molecule is CC1=[C-]C(C)C(C)=C1C.CC[C](=[Ti+])CC.Cc1cc(O)cc([Si](C)(C)C)c1.Cl.Cl. The van der Waals surface area contributed by atoms with Crippen molar-refractivity contribution in [1.82, 2.24) is 0 Å². The number of hydrogen-bond donors (Lipinski definition) is 1. The first-order valence-corrected chi connectivity index (χ1v) is 14.3. The third-order valence-corrected chi connectivity index (χ3v) is 8.14. The normalized spacial score (nSPS) is 15.0. The summed E-state index contributed by atoms with van der Waals surface area (Å²) in [6.45, 7) is 21.9. The second-order valence-corrected chi connectivity index (χ2v) is 14.6. The van der Waals surface area contributed by atoms with Gasteiger partial charge in [0.15, 0.2) is 0 Å². The summed E-state index contributed by atoms with van der Waals surface area (Å²) in [4.78, 5) is 0. The first kappa shape index (κ1) is 33.5. The molecular weight excluding hydrogens is 451 g/mol. The van der Waals surface area contributed by atoms with Crippen LogP contribution < -0.4 is 5.19 Å². The smallest absolute Gasteiger partial charge is 0.115 e. The Bertz CT molecular complexity index is 677. The van der Waals surface area contributed by atoms with E-state index in [1.807, 2.05) is 13.0 Å². The van der Waals surface area contributed by atoms with Crippen molar-refractivity contribution in [2.24, 2.45) is 5.92 Å². The third-order valence-electron chi connectivity index (χ3n) is 5.02. The van der Waals surface area contributed by atoms with Crippen LogP contribution >= 0.6 is 24.8 Å². The number of allylic oxidation sites excluding steroid dienone is 4. The molecule has 0 radical (unpaired) electrons. The van der Waals surface area contributed by atoms with Crippen molar-refractivity contribution in [2.75, 3.05) is 0 Å². The maximum Gasteiger partial charge on any atom is 0.115 e. The fourth-order valence-corrected chi connectivity index (χ4v) is 3.85. The van der Waals surface area contributed by atoms with Gasteiger partial charge in [-0.2, -0.15) is 11.1 Å². The number of aryl methyl sites for hydroxylation is 1. The number of rotatable bonds is 3. The van der Waals surface area contributed by atoms with Crippen LogP contribution in [0.1, 0.15) is 59.9 Å². The maximum atomic E-state index is 9.38. The molecule has 29 heavy (non-hydrogen) atoms. The molecule has 1 nitrogen and oxygen atoms in total. The number of phenolic OH excluding ortho intramolecular Hbond substituents is 1. The van der Waals surface area contributed by atoms with Crippen LogP contribution in [0, 0.1) is 18.9 Å². The Morgan fingerprint density at radius 1 is 1.00 bits per heavy atom. The quantitative estimate of drug-likeness (QED) is 0.346. The van der Waals surface area contributed by atoms with Crippen LogP contribution in [0.4, 0.5) is 0 Å². The minimum Gasteiger partial charge on any atom is -0.508 e. The molecule has 165 valence electrons. The van der Waals surface area contributed by atoms with E-state index in [1.54, 1.807) is 9.88 Å². The molecule has 1 aliphatic carbocycles. The standard InChI is InChI=1S/C10H16OSi.C9H13.C5H10.2ClH.Ti/c1-8-5-9(11)7-10(6-8)12(2,3)4;1-6-5-7(2)9(4)8(6)3;1-3-5-4-2;;;/h5-7,11H,1-4H3;6H,1-4H3;3-4H2,1-2H3;2*1H;/q;-1;;;;+1. The molecule has 0 heterocycles. The van der Waals surface area contributed by atoms with Gasteiger partial charge in [-0.15, -0.1) is 31.7 Å². The van der Waals surface area contributed by atoms with Crippen molar-refractivity contribution in [3.63, 3.8) is 0 Å². The summed E-state index contributed by atoms with van der Waals surface area (Å²) in [5.74, 6) is 0.956. The zero-order valence-electron chi connectivity index (χ0n) is 20.0. The van der Waals surface area contributed by atoms with Gasteiger partial charge in [-0.05, 0) is 24.6 Å². The number of aromatic hydroxyl groups is 1. The zero-order valence-corrected chi connectivity index (χ0v) is 24.2. The molecule has 0 spiro atoms. The van der Waals surface area contributed by atoms with Crippen molar-refractivity contribution >= 4 is 41.9 Å². The van der Waals surface area contributed by atoms with E-state index in [1.165, 1.54) is 34.7 Å². The molecule has 1 unspecified atom stereocenters. The molecule has 1 aromatic carbocycles. The van der Waals surface area contributed by atoms with Gasteiger partial charge in [0, 0.05) is 0 Å². The minimum absolute atomic E-state index is 0. The molecule has 0 bridgehead atoms. The first-order valence-electron chi connectivity index (χ1n) is 9.98. The Labute approximate surface area is 205 Å². The maximum absolute atomic E-state index is 9.38. The van der Waals surface area contributed by atoms with Crippen LogP contribution in [-0.2, 0) is 20.0 Å². The van der Waals surface area contributed by atoms with Crippen molar-refractivity contribution in [1.29, 1.82) is 0 Å². The molecule has 0 amide bonds. The van der Waals surface area contributed by atoms with E-state index in [4.69, 9.17) is 0 Å². The Morgan fingerprint density at radius 2 is 1.48 bits per heavy atom. The number of hydrogen-bond acceptors (Lipinski definition) is 1. The molecule has 0 fully saturated rings. The molecule has 5 heteroatoms. The van der Waals surface area contributed by atoms with E-state index < -0.39 is 8.07 Å². The molecule has 1 N–H and O–H groups in total. The largest absolute Gasteiger partial charge is 0.508 e.